The quantitative estimate of drug-likeness (QED) is 0.0543. The lowest BCUT2D eigenvalue weighted by Gasteiger charge is -2.23. The van der Waals surface area contributed by atoms with Crippen LogP contribution in [0.2, 0.25) is 0 Å². The molecule has 0 fully saturated rings. The van der Waals surface area contributed by atoms with Crippen molar-refractivity contribution in [2.75, 3.05) is 31.5 Å². The van der Waals surface area contributed by atoms with Gasteiger partial charge in [-0.05, 0) is 57.7 Å². The second-order valence-corrected chi connectivity index (χ2v) is 16.6. The predicted octanol–water partition coefficient (Wildman–Crippen LogP) is 14.1. The standard InChI is InChI=1S/C47H90N2O2/c1-6-10-13-16-19-26-33-43(9-4)34-27-21-18-23-30-39-49(41-32-38-48-45-42(5)46(50)47(45)51)40-31-24-22-29-37-44(35-25-15-12-8-3)36-28-20-17-14-11-7-2/h43-44,48H,6-41H2,1-5H3. The molecule has 1 aromatic carbocycles. The van der Waals surface area contributed by atoms with Crippen molar-refractivity contribution in [3.05, 3.63) is 26.0 Å². The van der Waals surface area contributed by atoms with Gasteiger partial charge in [0.25, 0.3) is 0 Å². The maximum absolute atomic E-state index is 11.9. The second-order valence-electron chi connectivity index (χ2n) is 16.6. The molecule has 1 aromatic rings. The molecule has 2 unspecified atom stereocenters. The molecule has 4 heteroatoms. The molecule has 0 aromatic heterocycles. The summed E-state index contributed by atoms with van der Waals surface area (Å²) in [4.78, 5) is 26.1. The van der Waals surface area contributed by atoms with Crippen molar-refractivity contribution >= 4 is 5.69 Å². The Morgan fingerprint density at radius 2 is 0.784 bits per heavy atom. The molecule has 4 nitrogen and oxygen atoms in total. The van der Waals surface area contributed by atoms with Crippen molar-refractivity contribution in [3.8, 4) is 0 Å². The Hall–Kier alpha value is -1.16. The minimum Gasteiger partial charge on any atom is -0.381 e. The average Bonchev–Trinajstić information content (AvgIpc) is 3.14. The van der Waals surface area contributed by atoms with E-state index >= 15 is 0 Å². The van der Waals surface area contributed by atoms with E-state index in [0.717, 1.165) is 31.3 Å². The molecule has 0 radical (unpaired) electrons. The van der Waals surface area contributed by atoms with Gasteiger partial charge in [-0.1, -0.05) is 214 Å². The predicted molar refractivity (Wildman–Crippen MR) is 228 cm³/mol. The van der Waals surface area contributed by atoms with Crippen LogP contribution in [0.1, 0.15) is 239 Å². The van der Waals surface area contributed by atoms with Gasteiger partial charge in [-0.15, -0.1) is 0 Å². The van der Waals surface area contributed by atoms with Gasteiger partial charge in [0.05, 0.1) is 5.69 Å². The minimum absolute atomic E-state index is 0.313. The Balaban J connectivity index is 2.37. The van der Waals surface area contributed by atoms with E-state index in [1.54, 1.807) is 6.92 Å². The summed E-state index contributed by atoms with van der Waals surface area (Å²) in [6.07, 6.45) is 44.6. The van der Waals surface area contributed by atoms with Crippen LogP contribution in [0.3, 0.4) is 0 Å². The highest BCUT2D eigenvalue weighted by molar-refractivity contribution is 5.55. The summed E-state index contributed by atoms with van der Waals surface area (Å²) in [5.41, 5.74) is 0.531. The molecule has 0 spiro atoms. The SMILES string of the molecule is CCCCCCCCC(CC)CCCCCCCN(CCCCCCC(CCCCCC)CCCCCCCC)CCCNc1c(C)c(=O)c1=O. The molecule has 1 rings (SSSR count). The van der Waals surface area contributed by atoms with Crippen LogP contribution >= 0.6 is 0 Å². The Morgan fingerprint density at radius 3 is 1.20 bits per heavy atom. The van der Waals surface area contributed by atoms with Crippen LogP contribution in [-0.4, -0.2) is 31.1 Å². The third kappa shape index (κ3) is 25.5. The molecule has 51 heavy (non-hydrogen) atoms. The third-order valence-electron chi connectivity index (χ3n) is 12.0. The lowest BCUT2D eigenvalue weighted by molar-refractivity contribution is 0.258. The van der Waals surface area contributed by atoms with Crippen molar-refractivity contribution < 1.29 is 0 Å². The molecule has 0 aliphatic carbocycles. The van der Waals surface area contributed by atoms with Crippen LogP contribution in [-0.2, 0) is 0 Å². The maximum Gasteiger partial charge on any atom is 0.249 e. The lowest BCUT2D eigenvalue weighted by atomic mass is 9.89. The van der Waals surface area contributed by atoms with Crippen LogP contribution in [0, 0.1) is 18.8 Å². The smallest absolute Gasteiger partial charge is 0.249 e. The van der Waals surface area contributed by atoms with E-state index in [2.05, 4.69) is 37.9 Å². The van der Waals surface area contributed by atoms with Gasteiger partial charge in [0.2, 0.25) is 10.9 Å². The summed E-state index contributed by atoms with van der Waals surface area (Å²) < 4.78 is 0. The summed E-state index contributed by atoms with van der Waals surface area (Å²) >= 11 is 0. The molecule has 0 amide bonds. The number of nitrogens with zero attached hydrogens (tertiary/aromatic N) is 1. The summed E-state index contributed by atoms with van der Waals surface area (Å²) in [6, 6.07) is 0. The van der Waals surface area contributed by atoms with Crippen molar-refractivity contribution in [2.24, 2.45) is 11.8 Å². The first-order chi connectivity index (χ1) is 25.0. The number of hydrogen-bond acceptors (Lipinski definition) is 4. The van der Waals surface area contributed by atoms with Gasteiger partial charge in [0, 0.05) is 12.1 Å². The van der Waals surface area contributed by atoms with E-state index in [1.807, 2.05) is 0 Å². The molecular formula is C47H90N2O2. The van der Waals surface area contributed by atoms with Gasteiger partial charge < -0.3 is 10.2 Å². The Morgan fingerprint density at radius 1 is 0.431 bits per heavy atom. The number of rotatable bonds is 40. The van der Waals surface area contributed by atoms with Gasteiger partial charge in [-0.3, -0.25) is 9.59 Å². The third-order valence-corrected chi connectivity index (χ3v) is 12.0. The topological polar surface area (TPSA) is 49.4 Å². The summed E-state index contributed by atoms with van der Waals surface area (Å²) in [6.45, 7) is 15.4. The highest BCUT2D eigenvalue weighted by Crippen LogP contribution is 2.25. The van der Waals surface area contributed by atoms with Gasteiger partial charge in [0.1, 0.15) is 0 Å². The fraction of sp³-hybridized carbons (Fsp3) is 0.915. The highest BCUT2D eigenvalue weighted by Gasteiger charge is 2.16. The van der Waals surface area contributed by atoms with Crippen LogP contribution in [0.25, 0.3) is 0 Å². The average molecular weight is 715 g/mol. The number of anilines is 1. The first-order valence-corrected chi connectivity index (χ1v) is 23.2. The lowest BCUT2D eigenvalue weighted by Crippen LogP contribution is -2.37. The van der Waals surface area contributed by atoms with Crippen molar-refractivity contribution in [1.29, 1.82) is 0 Å². The zero-order valence-electron chi connectivity index (χ0n) is 35.4. The zero-order valence-corrected chi connectivity index (χ0v) is 35.4. The summed E-state index contributed by atoms with van der Waals surface area (Å²) in [5, 5.41) is 3.26. The summed E-state index contributed by atoms with van der Waals surface area (Å²) in [5.74, 6) is 1.91. The first-order valence-electron chi connectivity index (χ1n) is 23.2. The molecule has 0 saturated heterocycles. The first kappa shape index (κ1) is 47.9. The van der Waals surface area contributed by atoms with E-state index in [1.165, 1.54) is 212 Å². The largest absolute Gasteiger partial charge is 0.381 e. The van der Waals surface area contributed by atoms with Crippen molar-refractivity contribution in [2.45, 2.75) is 240 Å². The molecule has 2 atom stereocenters. The highest BCUT2D eigenvalue weighted by atomic mass is 16.2. The summed E-state index contributed by atoms with van der Waals surface area (Å²) in [7, 11) is 0. The number of hydrogen-bond donors (Lipinski definition) is 1. The molecule has 0 saturated carbocycles. The van der Waals surface area contributed by atoms with Crippen LogP contribution in [0.4, 0.5) is 5.69 Å². The Kier molecular flexibility index (Phi) is 32.5. The molecule has 300 valence electrons. The molecular weight excluding hydrogens is 625 g/mol. The van der Waals surface area contributed by atoms with Crippen molar-refractivity contribution in [3.63, 3.8) is 0 Å². The fourth-order valence-electron chi connectivity index (χ4n) is 8.26. The fourth-order valence-corrected chi connectivity index (χ4v) is 8.26. The molecule has 0 bridgehead atoms. The monoisotopic (exact) mass is 715 g/mol. The maximum atomic E-state index is 11.9. The number of unbranched alkanes of at least 4 members (excludes halogenated alkanes) is 20. The molecule has 0 aliphatic rings. The van der Waals surface area contributed by atoms with Crippen LogP contribution in [0.15, 0.2) is 9.59 Å². The van der Waals surface area contributed by atoms with Crippen molar-refractivity contribution in [1.82, 2.24) is 4.90 Å². The van der Waals surface area contributed by atoms with Gasteiger partial charge >= 0.3 is 0 Å². The second kappa shape index (κ2) is 34.6. The minimum atomic E-state index is -0.327. The molecule has 0 heterocycles. The van der Waals surface area contributed by atoms with E-state index in [0.29, 0.717) is 11.3 Å². The van der Waals surface area contributed by atoms with E-state index in [9.17, 15) is 9.59 Å². The Labute approximate surface area is 319 Å². The van der Waals surface area contributed by atoms with Gasteiger partial charge in [-0.2, -0.15) is 0 Å². The number of nitrogens with one attached hydrogen (secondary N) is 1. The van der Waals surface area contributed by atoms with Gasteiger partial charge in [-0.25, -0.2) is 0 Å². The van der Waals surface area contributed by atoms with Crippen LogP contribution in [0.5, 0.6) is 0 Å². The van der Waals surface area contributed by atoms with E-state index in [-0.39, 0.29) is 10.9 Å². The van der Waals surface area contributed by atoms with E-state index in [4.69, 9.17) is 0 Å². The van der Waals surface area contributed by atoms with E-state index < -0.39 is 0 Å². The Bertz CT molecular complexity index is 951. The molecule has 1 N–H and O–H groups in total. The van der Waals surface area contributed by atoms with Gasteiger partial charge in [0.15, 0.2) is 0 Å². The zero-order chi connectivity index (χ0) is 37.2. The van der Waals surface area contributed by atoms with Crippen LogP contribution < -0.4 is 16.2 Å². The molecule has 0 aliphatic heterocycles. The normalized spacial score (nSPS) is 13.1.